The van der Waals surface area contributed by atoms with Gasteiger partial charge in [0.15, 0.2) is 4.34 Å². The third-order valence-corrected chi connectivity index (χ3v) is 5.41. The smallest absolute Gasteiger partial charge is 0.234 e. The fraction of sp³-hybridized carbons (Fsp3) is 0.167. The zero-order valence-corrected chi connectivity index (χ0v) is 15.7. The fourth-order valence-corrected chi connectivity index (χ4v) is 3.71. The van der Waals surface area contributed by atoms with Gasteiger partial charge < -0.3 is 10.6 Å². The number of aryl methyl sites for hydroxylation is 1. The van der Waals surface area contributed by atoms with Crippen LogP contribution in [0.5, 0.6) is 0 Å². The molecule has 0 fully saturated rings. The number of carbonyl (C=O) groups is 1. The van der Waals surface area contributed by atoms with Crippen LogP contribution in [0.1, 0.15) is 11.1 Å². The maximum atomic E-state index is 12.9. The van der Waals surface area contributed by atoms with Gasteiger partial charge in [0.25, 0.3) is 0 Å². The largest absolute Gasteiger partial charge is 0.356 e. The Morgan fingerprint density at radius 1 is 1.19 bits per heavy atom. The van der Waals surface area contributed by atoms with Gasteiger partial charge >= 0.3 is 0 Å². The third kappa shape index (κ3) is 5.53. The molecule has 26 heavy (non-hydrogen) atoms. The Labute approximate surface area is 159 Å². The van der Waals surface area contributed by atoms with Crippen LogP contribution in [0.15, 0.2) is 52.9 Å². The van der Waals surface area contributed by atoms with E-state index in [2.05, 4.69) is 20.8 Å². The van der Waals surface area contributed by atoms with Gasteiger partial charge in [0.1, 0.15) is 5.82 Å². The van der Waals surface area contributed by atoms with Crippen molar-refractivity contribution in [2.75, 3.05) is 16.4 Å². The molecule has 8 heteroatoms. The maximum Gasteiger partial charge on any atom is 0.234 e. The quantitative estimate of drug-likeness (QED) is 0.590. The first-order valence-corrected chi connectivity index (χ1v) is 9.70. The monoisotopic (exact) mass is 388 g/mol. The molecule has 0 aliphatic rings. The fourth-order valence-electron chi connectivity index (χ4n) is 2.17. The summed E-state index contributed by atoms with van der Waals surface area (Å²) in [5, 5.41) is 14.8. The number of carbonyl (C=O) groups excluding carboxylic acids is 1. The summed E-state index contributed by atoms with van der Waals surface area (Å²) in [4.78, 5) is 12.0. The van der Waals surface area contributed by atoms with E-state index in [9.17, 15) is 9.18 Å². The molecule has 0 saturated heterocycles. The van der Waals surface area contributed by atoms with Crippen LogP contribution in [0.3, 0.4) is 0 Å². The summed E-state index contributed by atoms with van der Waals surface area (Å²) in [6.45, 7) is 2.51. The van der Waals surface area contributed by atoms with E-state index in [4.69, 9.17) is 0 Å². The van der Waals surface area contributed by atoms with Gasteiger partial charge in [-0.15, -0.1) is 10.2 Å². The summed E-state index contributed by atoms with van der Waals surface area (Å²) in [5.41, 5.74) is 2.83. The van der Waals surface area contributed by atoms with E-state index in [0.717, 1.165) is 16.8 Å². The molecule has 0 spiro atoms. The Balaban J connectivity index is 1.45. The van der Waals surface area contributed by atoms with E-state index in [1.165, 1.54) is 35.2 Å². The molecule has 0 aliphatic heterocycles. The summed E-state index contributed by atoms with van der Waals surface area (Å²) < 4.78 is 13.6. The second-order valence-electron chi connectivity index (χ2n) is 5.56. The van der Waals surface area contributed by atoms with E-state index in [-0.39, 0.29) is 17.5 Å². The van der Waals surface area contributed by atoms with Crippen molar-refractivity contribution in [3.63, 3.8) is 0 Å². The number of nitrogens with one attached hydrogen (secondary N) is 2. The topological polar surface area (TPSA) is 66.9 Å². The normalized spacial score (nSPS) is 10.5. The van der Waals surface area contributed by atoms with Gasteiger partial charge in [0, 0.05) is 12.2 Å². The number of halogens is 1. The molecule has 134 valence electrons. The number of nitrogens with zero attached hydrogens (tertiary/aromatic N) is 2. The molecule has 5 nitrogen and oxygen atoms in total. The Morgan fingerprint density at radius 3 is 2.77 bits per heavy atom. The number of amides is 1. The predicted octanol–water partition coefficient (Wildman–Crippen LogP) is 4.33. The van der Waals surface area contributed by atoms with Crippen LogP contribution in [0.25, 0.3) is 0 Å². The molecule has 0 aliphatic carbocycles. The molecule has 0 bridgehead atoms. The summed E-state index contributed by atoms with van der Waals surface area (Å²) >= 11 is 2.72. The first kappa shape index (κ1) is 18.3. The van der Waals surface area contributed by atoms with E-state index in [1.54, 1.807) is 12.1 Å². The number of anilines is 2. The zero-order valence-electron chi connectivity index (χ0n) is 14.0. The lowest BCUT2D eigenvalue weighted by molar-refractivity contribution is -0.113. The molecular weight excluding hydrogens is 371 g/mol. The van der Waals surface area contributed by atoms with Gasteiger partial charge in [-0.2, -0.15) is 0 Å². The molecule has 3 aromatic rings. The lowest BCUT2D eigenvalue weighted by Gasteiger charge is -2.04. The molecule has 0 atom stereocenters. The van der Waals surface area contributed by atoms with Crippen molar-refractivity contribution in [3.8, 4) is 0 Å². The highest BCUT2D eigenvalue weighted by Crippen LogP contribution is 2.26. The van der Waals surface area contributed by atoms with Crippen LogP contribution in [-0.4, -0.2) is 21.9 Å². The van der Waals surface area contributed by atoms with E-state index < -0.39 is 0 Å². The molecule has 0 saturated carbocycles. The van der Waals surface area contributed by atoms with Gasteiger partial charge in [-0.3, -0.25) is 4.79 Å². The van der Waals surface area contributed by atoms with Crippen molar-refractivity contribution in [1.29, 1.82) is 0 Å². The van der Waals surface area contributed by atoms with Gasteiger partial charge in [0.05, 0.1) is 5.75 Å². The van der Waals surface area contributed by atoms with Crippen LogP contribution >= 0.6 is 23.1 Å². The molecule has 0 radical (unpaired) electrons. The van der Waals surface area contributed by atoms with Crippen molar-refractivity contribution in [2.24, 2.45) is 0 Å². The van der Waals surface area contributed by atoms with Crippen molar-refractivity contribution in [2.45, 2.75) is 17.8 Å². The second-order valence-corrected chi connectivity index (χ2v) is 7.76. The lowest BCUT2D eigenvalue weighted by atomic mass is 10.2. The molecule has 2 N–H and O–H groups in total. The first-order valence-electron chi connectivity index (χ1n) is 7.89. The van der Waals surface area contributed by atoms with Crippen LogP contribution in [-0.2, 0) is 11.3 Å². The summed E-state index contributed by atoms with van der Waals surface area (Å²) in [7, 11) is 0. The number of benzene rings is 2. The van der Waals surface area contributed by atoms with Gasteiger partial charge in [-0.25, -0.2) is 4.39 Å². The Kier molecular flexibility index (Phi) is 6.19. The van der Waals surface area contributed by atoms with Crippen LogP contribution in [0.2, 0.25) is 0 Å². The van der Waals surface area contributed by atoms with E-state index >= 15 is 0 Å². The Hall–Kier alpha value is -2.45. The maximum absolute atomic E-state index is 12.9. The van der Waals surface area contributed by atoms with E-state index in [0.29, 0.717) is 16.0 Å². The molecule has 1 aromatic heterocycles. The van der Waals surface area contributed by atoms with Crippen molar-refractivity contribution in [1.82, 2.24) is 10.2 Å². The summed E-state index contributed by atoms with van der Waals surface area (Å²) in [6.07, 6.45) is 0. The highest BCUT2D eigenvalue weighted by molar-refractivity contribution is 8.01. The van der Waals surface area contributed by atoms with Crippen molar-refractivity contribution in [3.05, 3.63) is 65.5 Å². The Morgan fingerprint density at radius 2 is 2.00 bits per heavy atom. The molecule has 1 heterocycles. The molecule has 0 unspecified atom stereocenters. The number of rotatable bonds is 7. The Bertz CT molecular complexity index is 883. The second kappa shape index (κ2) is 8.77. The zero-order chi connectivity index (χ0) is 18.4. The highest BCUT2D eigenvalue weighted by atomic mass is 32.2. The van der Waals surface area contributed by atoms with Crippen LogP contribution < -0.4 is 10.6 Å². The first-order chi connectivity index (χ1) is 12.6. The van der Waals surface area contributed by atoms with Gasteiger partial charge in [-0.1, -0.05) is 47.4 Å². The average Bonchev–Trinajstić information content (AvgIpc) is 3.07. The number of thioether (sulfide) groups is 1. The van der Waals surface area contributed by atoms with Crippen LogP contribution in [0.4, 0.5) is 15.2 Å². The van der Waals surface area contributed by atoms with Crippen LogP contribution in [0, 0.1) is 12.7 Å². The predicted molar refractivity (Wildman–Crippen MR) is 104 cm³/mol. The standard InChI is InChI=1S/C18H17FN4OS2/c1-12-3-2-4-15(9-12)21-16(24)11-25-18-23-22-17(26-18)20-10-13-5-7-14(19)8-6-13/h2-9H,10-11H2,1H3,(H,20,22)(H,21,24). The molecule has 2 aromatic carbocycles. The third-order valence-electron chi connectivity index (χ3n) is 3.39. The summed E-state index contributed by atoms with van der Waals surface area (Å²) in [6, 6.07) is 13.9. The molecule has 3 rings (SSSR count). The average molecular weight is 388 g/mol. The highest BCUT2D eigenvalue weighted by Gasteiger charge is 2.09. The van der Waals surface area contributed by atoms with Crippen molar-refractivity contribution >= 4 is 39.8 Å². The number of hydrogen-bond acceptors (Lipinski definition) is 6. The minimum atomic E-state index is -0.257. The van der Waals surface area contributed by atoms with Gasteiger partial charge in [0.2, 0.25) is 11.0 Å². The molecule has 1 amide bonds. The lowest BCUT2D eigenvalue weighted by Crippen LogP contribution is -2.13. The minimum absolute atomic E-state index is 0.0865. The van der Waals surface area contributed by atoms with E-state index in [1.807, 2.05) is 31.2 Å². The summed E-state index contributed by atoms with van der Waals surface area (Å²) in [5.74, 6) is -0.0792. The number of aromatic nitrogens is 2. The SMILES string of the molecule is Cc1cccc(NC(=O)CSc2nnc(NCc3ccc(F)cc3)s2)c1. The van der Waals surface area contributed by atoms with Crippen molar-refractivity contribution < 1.29 is 9.18 Å². The minimum Gasteiger partial charge on any atom is -0.356 e. The van der Waals surface area contributed by atoms with Gasteiger partial charge in [-0.05, 0) is 42.3 Å². The number of hydrogen-bond donors (Lipinski definition) is 2. The molecular formula is C18H17FN4OS2.